The van der Waals surface area contributed by atoms with Crippen LogP contribution in [0.4, 0.5) is 21.5 Å². The van der Waals surface area contributed by atoms with Crippen LogP contribution in [0.5, 0.6) is 5.75 Å². The van der Waals surface area contributed by atoms with Gasteiger partial charge in [-0.2, -0.15) is 0 Å². The minimum Gasteiger partial charge on any atom is -0.486 e. The van der Waals surface area contributed by atoms with Crippen LogP contribution in [0.1, 0.15) is 38.7 Å². The number of nitro groups is 1. The third-order valence-corrected chi connectivity index (χ3v) is 7.87. The molecule has 0 bridgehead atoms. The molecular weight excluding hydrogens is 537 g/mol. The molecule has 11 heteroatoms. The molecule has 2 aromatic carbocycles. The van der Waals surface area contributed by atoms with Gasteiger partial charge in [-0.05, 0) is 43.0 Å². The molecule has 218 valence electrons. The number of likely N-dealkylation sites (tertiary alicyclic amines) is 1. The summed E-state index contributed by atoms with van der Waals surface area (Å²) in [5.74, 6) is 0.703. The number of amides is 1. The zero-order chi connectivity index (χ0) is 28.6. The molecule has 0 radical (unpaired) electrons. The number of rotatable bonds is 11. The van der Waals surface area contributed by atoms with E-state index in [0.29, 0.717) is 36.7 Å². The largest absolute Gasteiger partial charge is 0.486 e. The Balaban J connectivity index is 1.19. The van der Waals surface area contributed by atoms with E-state index in [1.165, 1.54) is 6.07 Å². The predicted octanol–water partition coefficient (Wildman–Crippen LogP) is 5.37. The molecule has 2 fully saturated rings. The number of piperidine rings is 1. The summed E-state index contributed by atoms with van der Waals surface area (Å²) in [6, 6.07) is 10.6. The highest BCUT2D eigenvalue weighted by Gasteiger charge is 2.25. The molecule has 1 N–H and O–H groups in total. The Labute approximate surface area is 240 Å². The van der Waals surface area contributed by atoms with E-state index in [0.717, 1.165) is 56.9 Å². The second-order valence-electron chi connectivity index (χ2n) is 10.9. The van der Waals surface area contributed by atoms with E-state index in [1.807, 2.05) is 30.9 Å². The molecule has 2 heterocycles. The van der Waals surface area contributed by atoms with Gasteiger partial charge < -0.3 is 19.9 Å². The van der Waals surface area contributed by atoms with Crippen molar-refractivity contribution >= 4 is 34.6 Å². The number of carbonyl (C=O) groups is 1. The molecule has 9 nitrogen and oxygen atoms in total. The SMILES string of the molecule is CC(C)COc1cc(NC2CCN(C(=O)CCN3CCN(c4ccc(Cl)c(CF)c4)CC3)CC2)ccc1[N+](=O)[O-]. The summed E-state index contributed by atoms with van der Waals surface area (Å²) < 4.78 is 18.9. The average Bonchev–Trinajstić information content (AvgIpc) is 2.95. The molecule has 0 spiro atoms. The number of hydrogen-bond acceptors (Lipinski definition) is 7. The van der Waals surface area contributed by atoms with Crippen molar-refractivity contribution in [1.82, 2.24) is 9.80 Å². The van der Waals surface area contributed by atoms with Gasteiger partial charge in [-0.1, -0.05) is 25.4 Å². The molecule has 0 saturated carbocycles. The van der Waals surface area contributed by atoms with E-state index < -0.39 is 11.6 Å². The number of piperazine rings is 1. The summed E-state index contributed by atoms with van der Waals surface area (Å²) in [4.78, 5) is 30.3. The number of alkyl halides is 1. The molecule has 0 unspecified atom stereocenters. The summed E-state index contributed by atoms with van der Waals surface area (Å²) in [7, 11) is 0. The Morgan fingerprint density at radius 3 is 2.50 bits per heavy atom. The molecular formula is C29H39ClFN5O4. The van der Waals surface area contributed by atoms with Crippen LogP contribution in [0.25, 0.3) is 0 Å². The first-order valence-corrected chi connectivity index (χ1v) is 14.4. The van der Waals surface area contributed by atoms with Crippen molar-refractivity contribution in [3.8, 4) is 5.75 Å². The number of carbonyl (C=O) groups excluding carboxylic acids is 1. The van der Waals surface area contributed by atoms with E-state index in [1.54, 1.807) is 18.2 Å². The normalized spacial score (nSPS) is 16.8. The standard InChI is InChI=1S/C29H39ClFN5O4/c1-21(2)20-40-28-18-24(3-6-27(28)36(38)39)32-23-7-11-35(12-8-23)29(37)9-10-33-13-15-34(16-14-33)25-4-5-26(30)22(17-25)19-31/h3-6,17-18,21,23,32H,7-16,19-20H2,1-2H3. The lowest BCUT2D eigenvalue weighted by Crippen LogP contribution is -2.48. The maximum atomic E-state index is 13.2. The molecule has 2 aliphatic heterocycles. The van der Waals surface area contributed by atoms with Gasteiger partial charge in [0.1, 0.15) is 6.67 Å². The quantitative estimate of drug-likeness (QED) is 0.284. The molecule has 0 aliphatic carbocycles. The topological polar surface area (TPSA) is 91.2 Å². The molecule has 2 saturated heterocycles. The lowest BCUT2D eigenvalue weighted by molar-refractivity contribution is -0.385. The third kappa shape index (κ3) is 7.97. The van der Waals surface area contributed by atoms with Gasteiger partial charge in [-0.3, -0.25) is 19.8 Å². The number of nitrogens with one attached hydrogen (secondary N) is 1. The minimum atomic E-state index is -0.576. The van der Waals surface area contributed by atoms with Crippen molar-refractivity contribution in [3.05, 3.63) is 57.1 Å². The average molecular weight is 576 g/mol. The van der Waals surface area contributed by atoms with Gasteiger partial charge in [0.2, 0.25) is 5.91 Å². The maximum absolute atomic E-state index is 13.2. The molecule has 1 amide bonds. The zero-order valence-electron chi connectivity index (χ0n) is 23.3. The van der Waals surface area contributed by atoms with Crippen molar-refractivity contribution in [2.75, 3.05) is 62.6 Å². The Bertz CT molecular complexity index is 1170. The summed E-state index contributed by atoms with van der Waals surface area (Å²) in [5.41, 5.74) is 2.24. The van der Waals surface area contributed by atoms with Crippen molar-refractivity contribution in [3.63, 3.8) is 0 Å². The highest BCUT2D eigenvalue weighted by atomic mass is 35.5. The third-order valence-electron chi connectivity index (χ3n) is 7.50. The van der Waals surface area contributed by atoms with Crippen LogP contribution in [-0.4, -0.2) is 79.1 Å². The van der Waals surface area contributed by atoms with Crippen LogP contribution < -0.4 is 15.0 Å². The second kappa shape index (κ2) is 14.0. The predicted molar refractivity (Wildman–Crippen MR) is 156 cm³/mol. The van der Waals surface area contributed by atoms with Gasteiger partial charge >= 0.3 is 5.69 Å². The zero-order valence-corrected chi connectivity index (χ0v) is 24.0. The van der Waals surface area contributed by atoms with Gasteiger partial charge in [0, 0.05) is 92.4 Å². The summed E-state index contributed by atoms with van der Waals surface area (Å²) in [6.45, 7) is 9.27. The molecule has 40 heavy (non-hydrogen) atoms. The summed E-state index contributed by atoms with van der Waals surface area (Å²) >= 11 is 6.05. The Morgan fingerprint density at radius 2 is 1.85 bits per heavy atom. The molecule has 2 aliphatic rings. The number of hydrogen-bond donors (Lipinski definition) is 1. The highest BCUT2D eigenvalue weighted by Crippen LogP contribution is 2.31. The van der Waals surface area contributed by atoms with Crippen LogP contribution in [-0.2, 0) is 11.5 Å². The van der Waals surface area contributed by atoms with E-state index in [4.69, 9.17) is 16.3 Å². The van der Waals surface area contributed by atoms with E-state index >= 15 is 0 Å². The Kier molecular flexibility index (Phi) is 10.4. The fourth-order valence-corrected chi connectivity index (χ4v) is 5.31. The first kappa shape index (κ1) is 29.9. The fraction of sp³-hybridized carbons (Fsp3) is 0.552. The van der Waals surface area contributed by atoms with Gasteiger partial charge in [0.15, 0.2) is 5.75 Å². The minimum absolute atomic E-state index is 0.0380. The Hall–Kier alpha value is -3.11. The fourth-order valence-electron chi connectivity index (χ4n) is 5.14. The van der Waals surface area contributed by atoms with Crippen LogP contribution in [0.15, 0.2) is 36.4 Å². The molecule has 2 aromatic rings. The molecule has 0 aromatic heterocycles. The smallest absolute Gasteiger partial charge is 0.311 e. The van der Waals surface area contributed by atoms with Crippen LogP contribution in [0.2, 0.25) is 5.02 Å². The van der Waals surface area contributed by atoms with Crippen LogP contribution in [0, 0.1) is 16.0 Å². The lowest BCUT2D eigenvalue weighted by atomic mass is 10.0. The van der Waals surface area contributed by atoms with Crippen molar-refractivity contribution in [1.29, 1.82) is 0 Å². The number of nitrogens with zero attached hydrogens (tertiary/aromatic N) is 4. The van der Waals surface area contributed by atoms with E-state index in [2.05, 4.69) is 15.1 Å². The molecule has 4 rings (SSSR count). The summed E-state index contributed by atoms with van der Waals surface area (Å²) in [6.07, 6.45) is 2.11. The number of anilines is 2. The lowest BCUT2D eigenvalue weighted by Gasteiger charge is -2.37. The van der Waals surface area contributed by atoms with E-state index in [9.17, 15) is 19.3 Å². The number of ether oxygens (including phenoxy) is 1. The first-order valence-electron chi connectivity index (χ1n) is 14.0. The van der Waals surface area contributed by atoms with Gasteiger partial charge in [-0.25, -0.2) is 4.39 Å². The van der Waals surface area contributed by atoms with Crippen molar-refractivity contribution < 1.29 is 18.8 Å². The number of nitro benzene ring substituents is 1. The van der Waals surface area contributed by atoms with Crippen molar-refractivity contribution in [2.24, 2.45) is 5.92 Å². The maximum Gasteiger partial charge on any atom is 0.311 e. The first-order chi connectivity index (χ1) is 19.2. The summed E-state index contributed by atoms with van der Waals surface area (Å²) in [5, 5.41) is 15.3. The monoisotopic (exact) mass is 575 g/mol. The van der Waals surface area contributed by atoms with E-state index in [-0.39, 0.29) is 29.3 Å². The van der Waals surface area contributed by atoms with Gasteiger partial charge in [-0.15, -0.1) is 0 Å². The van der Waals surface area contributed by atoms with Gasteiger partial charge in [0.25, 0.3) is 0 Å². The van der Waals surface area contributed by atoms with Crippen molar-refractivity contribution in [2.45, 2.75) is 45.8 Å². The Morgan fingerprint density at radius 1 is 1.12 bits per heavy atom. The molecule has 0 atom stereocenters. The number of halogens is 2. The van der Waals surface area contributed by atoms with Crippen LogP contribution >= 0.6 is 11.6 Å². The number of benzene rings is 2. The van der Waals surface area contributed by atoms with Gasteiger partial charge in [0.05, 0.1) is 11.5 Å². The second-order valence-corrected chi connectivity index (χ2v) is 11.3. The van der Waals surface area contributed by atoms with Crippen LogP contribution in [0.3, 0.4) is 0 Å². The highest BCUT2D eigenvalue weighted by molar-refractivity contribution is 6.31.